The Labute approximate surface area is 380 Å². The summed E-state index contributed by atoms with van der Waals surface area (Å²) in [4.78, 5) is 71.5. The first-order chi connectivity index (χ1) is 30.2. The standard InChI is InChI=1S/C50H77NO13/c1-29-15-11-10-12-16-30(2)42(61-8)27-37-20-18-35(7)50(60,64-37)47(57)48(58)51-22-14-13-17-38(51)49(59)63-43(32(4)25-36-19-21-39(52)41(54)26-36)28-40(53)31(3)24-34(6)45(56)46(62-9)44(55)33(5)23-29/h10-12,15-16,24,29,31-33,35-39,41-43,45-46,52,54,56,60H,13-14,17-23,25-28H2,1-9H3/b12-10+,15-11-,30-16+,34-24+/t29-,31-,32-,33-,35-,36+,37+,38+,39-,41-,42+,43+,45-,46+,50-/m1/s1. The Morgan fingerprint density at radius 3 is 2.23 bits per heavy atom. The van der Waals surface area contributed by atoms with E-state index in [0.29, 0.717) is 69.8 Å². The highest BCUT2D eigenvalue weighted by atomic mass is 16.6. The summed E-state index contributed by atoms with van der Waals surface area (Å²) in [5, 5.41) is 43.9. The van der Waals surface area contributed by atoms with Crippen molar-refractivity contribution in [3.05, 3.63) is 47.6 Å². The number of carbonyl (C=O) groups is 5. The van der Waals surface area contributed by atoms with E-state index in [0.717, 1.165) is 5.57 Å². The second-order valence-electron chi connectivity index (χ2n) is 19.4. The molecule has 4 N–H and O–H groups in total. The summed E-state index contributed by atoms with van der Waals surface area (Å²) in [6.07, 6.45) is 9.61. The summed E-state index contributed by atoms with van der Waals surface area (Å²) in [5.74, 6) is -8.29. The van der Waals surface area contributed by atoms with Crippen LogP contribution in [0.4, 0.5) is 0 Å². The molecule has 15 atom stereocenters. The lowest BCUT2D eigenvalue weighted by Gasteiger charge is -2.42. The zero-order valence-corrected chi connectivity index (χ0v) is 39.6. The van der Waals surface area contributed by atoms with Crippen LogP contribution in [0, 0.1) is 35.5 Å². The first-order valence-electron chi connectivity index (χ1n) is 23.5. The third-order valence-corrected chi connectivity index (χ3v) is 14.2. The van der Waals surface area contributed by atoms with Crippen molar-refractivity contribution >= 4 is 29.2 Å². The number of rotatable bonds is 5. The van der Waals surface area contributed by atoms with Crippen LogP contribution in [0.1, 0.15) is 126 Å². The van der Waals surface area contributed by atoms with Crippen LogP contribution in [0.25, 0.3) is 0 Å². The number of fused-ring (bicyclic) bond motifs is 3. The molecule has 14 heteroatoms. The van der Waals surface area contributed by atoms with Gasteiger partial charge in [0.15, 0.2) is 5.78 Å². The number of piperidine rings is 1. The lowest BCUT2D eigenvalue weighted by Crippen LogP contribution is -2.61. The number of amides is 1. The van der Waals surface area contributed by atoms with Gasteiger partial charge in [0.1, 0.15) is 30.1 Å². The Hall–Kier alpha value is -3.37. The Kier molecular flexibility index (Phi) is 20.3. The van der Waals surface area contributed by atoms with Gasteiger partial charge in [-0.2, -0.15) is 0 Å². The van der Waals surface area contributed by atoms with E-state index in [2.05, 4.69) is 0 Å². The summed E-state index contributed by atoms with van der Waals surface area (Å²) in [6, 6.07) is -1.16. The van der Waals surface area contributed by atoms with E-state index in [1.165, 1.54) is 12.0 Å². The summed E-state index contributed by atoms with van der Waals surface area (Å²) in [5.41, 5.74) is 1.24. The number of aliphatic hydroxyl groups excluding tert-OH is 3. The summed E-state index contributed by atoms with van der Waals surface area (Å²) < 4.78 is 23.7. The van der Waals surface area contributed by atoms with Gasteiger partial charge in [-0.05, 0) is 107 Å². The Morgan fingerprint density at radius 1 is 0.844 bits per heavy atom. The van der Waals surface area contributed by atoms with Crippen molar-refractivity contribution in [2.45, 2.75) is 180 Å². The van der Waals surface area contributed by atoms with Crippen molar-refractivity contribution in [3.8, 4) is 0 Å². The summed E-state index contributed by atoms with van der Waals surface area (Å²) in [7, 11) is 2.94. The molecule has 2 bridgehead atoms. The van der Waals surface area contributed by atoms with Crippen molar-refractivity contribution in [2.75, 3.05) is 20.8 Å². The zero-order chi connectivity index (χ0) is 47.5. The van der Waals surface area contributed by atoms with Crippen molar-refractivity contribution in [3.63, 3.8) is 0 Å². The van der Waals surface area contributed by atoms with Gasteiger partial charge in [-0.15, -0.1) is 0 Å². The molecule has 3 aliphatic heterocycles. The molecule has 0 radical (unpaired) electrons. The topological polar surface area (TPSA) is 206 Å². The van der Waals surface area contributed by atoms with Gasteiger partial charge in [-0.3, -0.25) is 19.2 Å². The summed E-state index contributed by atoms with van der Waals surface area (Å²) >= 11 is 0. The number of hydrogen-bond donors (Lipinski definition) is 4. The predicted molar refractivity (Wildman–Crippen MR) is 240 cm³/mol. The molecule has 0 unspecified atom stereocenters. The molecule has 4 rings (SSSR count). The Bertz CT molecular complexity index is 1740. The Balaban J connectivity index is 1.70. The number of allylic oxidation sites excluding steroid dienone is 6. The molecule has 64 heavy (non-hydrogen) atoms. The average Bonchev–Trinajstić information content (AvgIpc) is 3.26. The number of methoxy groups -OCH3 is 2. The number of hydrogen-bond acceptors (Lipinski definition) is 13. The fourth-order valence-electron chi connectivity index (χ4n) is 9.88. The van der Waals surface area contributed by atoms with Gasteiger partial charge in [-0.25, -0.2) is 4.79 Å². The maximum Gasteiger partial charge on any atom is 0.329 e. The second-order valence-corrected chi connectivity index (χ2v) is 19.4. The van der Waals surface area contributed by atoms with Gasteiger partial charge in [0, 0.05) is 51.4 Å². The van der Waals surface area contributed by atoms with Crippen LogP contribution in [-0.4, -0.2) is 130 Å². The monoisotopic (exact) mass is 900 g/mol. The normalized spacial score (nSPS) is 40.9. The van der Waals surface area contributed by atoms with Gasteiger partial charge in [0.2, 0.25) is 5.79 Å². The van der Waals surface area contributed by atoms with E-state index >= 15 is 0 Å². The molecule has 1 aliphatic carbocycles. The fourth-order valence-corrected chi connectivity index (χ4v) is 9.88. The molecule has 0 aromatic heterocycles. The SMILES string of the molecule is CO[C@H]1C[C@@H]2CC[C@@H](C)[C@@](O)(O2)C(=O)C(=O)N2CCCC[C@H]2C(=O)O[C@H]([C@H](C)C[C@@H]2CC[C@@H](O)[C@H](O)C2)CC(=O)[C@H](C)/C=C(\C)[C@@H](O)[C@@H](OC)C(=O)[C@H](C)C[C@H](C)\C=C/C=C/C=C/1C. The minimum Gasteiger partial charge on any atom is -0.460 e. The number of ketones is 3. The van der Waals surface area contributed by atoms with E-state index in [1.54, 1.807) is 40.9 Å². The van der Waals surface area contributed by atoms with E-state index < -0.39 is 95.9 Å². The Morgan fingerprint density at radius 2 is 1.56 bits per heavy atom. The van der Waals surface area contributed by atoms with Crippen molar-refractivity contribution < 1.29 is 63.3 Å². The molecule has 2 saturated heterocycles. The second kappa shape index (κ2) is 24.4. The van der Waals surface area contributed by atoms with Gasteiger partial charge in [-0.1, -0.05) is 71.1 Å². The maximum absolute atomic E-state index is 14.3. The molecule has 0 aromatic carbocycles. The van der Waals surface area contributed by atoms with Crippen molar-refractivity contribution in [2.24, 2.45) is 35.5 Å². The zero-order valence-electron chi connectivity index (χ0n) is 39.6. The maximum atomic E-state index is 14.3. The van der Waals surface area contributed by atoms with E-state index in [4.69, 9.17) is 18.9 Å². The number of ether oxygens (including phenoxy) is 4. The molecule has 4 aliphatic rings. The summed E-state index contributed by atoms with van der Waals surface area (Å²) in [6.45, 7) is 12.6. The van der Waals surface area contributed by atoms with E-state index in [-0.39, 0.29) is 42.8 Å². The largest absolute Gasteiger partial charge is 0.460 e. The molecule has 14 nitrogen and oxygen atoms in total. The van der Waals surface area contributed by atoms with Crippen LogP contribution < -0.4 is 0 Å². The molecule has 1 amide bonds. The quantitative estimate of drug-likeness (QED) is 0.153. The number of aliphatic hydroxyl groups is 4. The number of esters is 1. The van der Waals surface area contributed by atoms with Crippen LogP contribution in [0.5, 0.6) is 0 Å². The fraction of sp³-hybridized carbons (Fsp3) is 0.740. The molecule has 0 aromatic rings. The number of Topliss-reactive ketones (excluding diaryl/α,β-unsaturated/α-hetero) is 3. The molecular formula is C50H77NO13. The van der Waals surface area contributed by atoms with E-state index in [9.17, 15) is 44.4 Å². The average molecular weight is 900 g/mol. The first kappa shape index (κ1) is 53.2. The van der Waals surface area contributed by atoms with Gasteiger partial charge in [0.25, 0.3) is 11.7 Å². The highest BCUT2D eigenvalue weighted by molar-refractivity contribution is 6.39. The minimum atomic E-state index is -2.44. The van der Waals surface area contributed by atoms with Crippen molar-refractivity contribution in [1.29, 1.82) is 0 Å². The number of cyclic esters (lactones) is 1. The van der Waals surface area contributed by atoms with Crippen LogP contribution in [0.2, 0.25) is 0 Å². The predicted octanol–water partition coefficient (Wildman–Crippen LogP) is 5.53. The third kappa shape index (κ3) is 13.8. The van der Waals surface area contributed by atoms with Crippen LogP contribution in [-0.2, 0) is 42.9 Å². The van der Waals surface area contributed by atoms with Gasteiger partial charge < -0.3 is 44.3 Å². The smallest absolute Gasteiger partial charge is 0.329 e. The third-order valence-electron chi connectivity index (χ3n) is 14.2. The van der Waals surface area contributed by atoms with Gasteiger partial charge in [0.05, 0.1) is 24.4 Å². The molecule has 0 spiro atoms. The van der Waals surface area contributed by atoms with Crippen LogP contribution >= 0.6 is 0 Å². The number of carbonyl (C=O) groups excluding carboxylic acids is 5. The molecule has 1 saturated carbocycles. The van der Waals surface area contributed by atoms with Gasteiger partial charge >= 0.3 is 5.97 Å². The highest BCUT2D eigenvalue weighted by Gasteiger charge is 2.53. The minimum absolute atomic E-state index is 0.0134. The molecule has 3 fully saturated rings. The van der Waals surface area contributed by atoms with E-state index in [1.807, 2.05) is 51.2 Å². The number of nitrogens with zero attached hydrogens (tertiary/aromatic N) is 1. The van der Waals surface area contributed by atoms with Crippen LogP contribution in [0.15, 0.2) is 47.6 Å². The highest BCUT2D eigenvalue weighted by Crippen LogP contribution is 2.37. The van der Waals surface area contributed by atoms with Crippen molar-refractivity contribution in [1.82, 2.24) is 4.90 Å². The van der Waals surface area contributed by atoms with Crippen LogP contribution in [0.3, 0.4) is 0 Å². The molecular weight excluding hydrogens is 823 g/mol. The lowest BCUT2D eigenvalue weighted by atomic mass is 9.78. The first-order valence-corrected chi connectivity index (χ1v) is 23.5. The molecule has 3 heterocycles. The lowest BCUT2D eigenvalue weighted by molar-refractivity contribution is -0.265. The molecule has 360 valence electrons.